The molecule has 0 aromatic carbocycles. The molecule has 3 nitrogen and oxygen atoms in total. The SMILES string of the molecule is O=C(F)C(C(F)(F)F)(C(F)(F)F)S(=O)(=O)F. The molecule has 0 aromatic rings. The summed E-state index contributed by atoms with van der Waals surface area (Å²) in [4.78, 5) is 9.68. The van der Waals surface area contributed by atoms with E-state index >= 15 is 0 Å². The quantitative estimate of drug-likeness (QED) is 0.571. The first-order valence-electron chi connectivity index (χ1n) is 2.97. The van der Waals surface area contributed by atoms with Crippen molar-refractivity contribution in [1.82, 2.24) is 0 Å². The zero-order valence-electron chi connectivity index (χ0n) is 6.66. The third-order valence-corrected chi connectivity index (χ3v) is 2.80. The van der Waals surface area contributed by atoms with Gasteiger partial charge in [0.25, 0.3) is 0 Å². The van der Waals surface area contributed by atoms with Crippen molar-refractivity contribution in [2.45, 2.75) is 17.1 Å². The molecule has 96 valence electrons. The fourth-order valence-corrected chi connectivity index (χ4v) is 1.50. The van der Waals surface area contributed by atoms with Crippen LogP contribution in [-0.2, 0) is 15.0 Å². The van der Waals surface area contributed by atoms with Crippen molar-refractivity contribution in [2.75, 3.05) is 0 Å². The first kappa shape index (κ1) is 15.1. The molecule has 12 heteroatoms. The average molecular weight is 280 g/mol. The molecule has 0 unspecified atom stereocenters. The van der Waals surface area contributed by atoms with E-state index in [0.717, 1.165) is 0 Å². The lowest BCUT2D eigenvalue weighted by Crippen LogP contribution is -2.64. The minimum Gasteiger partial charge on any atom is -0.258 e. The first-order chi connectivity index (χ1) is 6.69. The van der Waals surface area contributed by atoms with Gasteiger partial charge in [-0.3, -0.25) is 4.79 Å². The molecule has 0 rings (SSSR count). The maximum absolute atomic E-state index is 12.0. The molecular formula is C4F8O3S. The molecule has 16 heavy (non-hydrogen) atoms. The molecule has 0 N–H and O–H groups in total. The standard InChI is InChI=1S/C4F8O3S/c5-1(13)2(3(6,7)8,4(9,10)11)16(12,14)15. The molecule has 0 bridgehead atoms. The number of rotatable bonds is 2. The summed E-state index contributed by atoms with van der Waals surface area (Å²) in [6.45, 7) is 0. The summed E-state index contributed by atoms with van der Waals surface area (Å²) < 4.78 is 108. The molecule has 0 aromatic heterocycles. The molecule has 0 aliphatic rings. The van der Waals surface area contributed by atoms with Crippen LogP contribution in [0.25, 0.3) is 0 Å². The fraction of sp³-hybridized carbons (Fsp3) is 0.750. The Morgan fingerprint density at radius 1 is 0.875 bits per heavy atom. The normalized spacial score (nSPS) is 15.0. The van der Waals surface area contributed by atoms with E-state index < -0.39 is 33.4 Å². The number of hydrogen-bond donors (Lipinski definition) is 0. The van der Waals surface area contributed by atoms with Crippen LogP contribution in [0.2, 0.25) is 0 Å². The minimum absolute atomic E-state index is 4.41. The molecule has 0 amide bonds. The second kappa shape index (κ2) is 3.53. The van der Waals surface area contributed by atoms with Gasteiger partial charge in [0, 0.05) is 0 Å². The Balaban J connectivity index is 6.41. The third-order valence-electron chi connectivity index (χ3n) is 1.44. The number of halogens is 8. The van der Waals surface area contributed by atoms with Crippen LogP contribution >= 0.6 is 0 Å². The van der Waals surface area contributed by atoms with Gasteiger partial charge >= 0.3 is 33.4 Å². The number of hydrogen-bond acceptors (Lipinski definition) is 3. The third kappa shape index (κ3) is 1.85. The molecule has 0 heterocycles. The molecule has 0 aliphatic heterocycles. The molecule has 0 aliphatic carbocycles. The fourth-order valence-electron chi connectivity index (χ4n) is 0.756. The lowest BCUT2D eigenvalue weighted by Gasteiger charge is -2.28. The molecule has 0 atom stereocenters. The highest BCUT2D eigenvalue weighted by Gasteiger charge is 2.85. The van der Waals surface area contributed by atoms with E-state index in [1.807, 2.05) is 0 Å². The second-order valence-electron chi connectivity index (χ2n) is 2.39. The van der Waals surface area contributed by atoms with E-state index in [4.69, 9.17) is 0 Å². The maximum Gasteiger partial charge on any atom is 0.429 e. The van der Waals surface area contributed by atoms with Crippen molar-refractivity contribution in [3.05, 3.63) is 0 Å². The average Bonchev–Trinajstić information content (AvgIpc) is 1.71. The summed E-state index contributed by atoms with van der Waals surface area (Å²) in [7, 11) is -7.62. The van der Waals surface area contributed by atoms with Gasteiger partial charge < -0.3 is 0 Å². The van der Waals surface area contributed by atoms with Gasteiger partial charge in [-0.25, -0.2) is 0 Å². The minimum atomic E-state index is -7.62. The highest BCUT2D eigenvalue weighted by molar-refractivity contribution is 7.88. The lowest BCUT2D eigenvalue weighted by atomic mass is 10.1. The van der Waals surface area contributed by atoms with Gasteiger partial charge in [-0.1, -0.05) is 0 Å². The largest absolute Gasteiger partial charge is 0.429 e. The van der Waals surface area contributed by atoms with Gasteiger partial charge in [0.1, 0.15) is 0 Å². The highest BCUT2D eigenvalue weighted by Crippen LogP contribution is 2.50. The molecular weight excluding hydrogens is 280 g/mol. The van der Waals surface area contributed by atoms with Crippen LogP contribution in [0, 0.1) is 0 Å². The molecule has 0 fully saturated rings. The van der Waals surface area contributed by atoms with Crippen LogP contribution in [0.1, 0.15) is 0 Å². The van der Waals surface area contributed by atoms with E-state index in [1.54, 1.807) is 0 Å². The summed E-state index contributed by atoms with van der Waals surface area (Å²) in [5, 5.41) is 0. The van der Waals surface area contributed by atoms with Crippen molar-refractivity contribution in [1.29, 1.82) is 0 Å². The van der Waals surface area contributed by atoms with E-state index in [0.29, 0.717) is 0 Å². The predicted octanol–water partition coefficient (Wildman–Crippen LogP) is 1.65. The maximum atomic E-state index is 12.0. The zero-order valence-corrected chi connectivity index (χ0v) is 7.47. The van der Waals surface area contributed by atoms with Crippen molar-refractivity contribution in [3.63, 3.8) is 0 Å². The Labute approximate surface area is 82.2 Å². The van der Waals surface area contributed by atoms with Crippen molar-refractivity contribution in [3.8, 4) is 0 Å². The number of carbonyl (C=O) groups excluding carboxylic acids is 1. The van der Waals surface area contributed by atoms with Gasteiger partial charge in [0.05, 0.1) is 0 Å². The van der Waals surface area contributed by atoms with Crippen LogP contribution in [0.4, 0.5) is 34.6 Å². The summed E-state index contributed by atoms with van der Waals surface area (Å²) >= 11 is 0. The van der Waals surface area contributed by atoms with Gasteiger partial charge in [-0.2, -0.15) is 39.2 Å². The Morgan fingerprint density at radius 3 is 1.12 bits per heavy atom. The summed E-state index contributed by atoms with van der Waals surface area (Å²) in [5.74, 6) is 0. The summed E-state index contributed by atoms with van der Waals surface area (Å²) in [5.41, 5.74) is 0. The van der Waals surface area contributed by atoms with E-state index in [9.17, 15) is 47.8 Å². The van der Waals surface area contributed by atoms with Gasteiger partial charge in [-0.05, 0) is 0 Å². The smallest absolute Gasteiger partial charge is 0.258 e. The van der Waals surface area contributed by atoms with Crippen LogP contribution in [0.5, 0.6) is 0 Å². The molecule has 0 saturated heterocycles. The Bertz CT molecular complexity index is 374. The summed E-state index contributed by atoms with van der Waals surface area (Å²) in [6, 6.07) is -4.41. The van der Waals surface area contributed by atoms with E-state index in [2.05, 4.69) is 0 Å². The Kier molecular flexibility index (Phi) is 3.32. The molecule has 0 saturated carbocycles. The topological polar surface area (TPSA) is 51.2 Å². The predicted molar refractivity (Wildman–Crippen MR) is 31.0 cm³/mol. The first-order valence-corrected chi connectivity index (χ1v) is 4.35. The highest BCUT2D eigenvalue weighted by atomic mass is 32.3. The van der Waals surface area contributed by atoms with Gasteiger partial charge in [0.15, 0.2) is 0 Å². The lowest BCUT2D eigenvalue weighted by molar-refractivity contribution is -0.263. The number of carbonyl (C=O) groups is 1. The number of alkyl halides is 6. The van der Waals surface area contributed by atoms with Crippen molar-refractivity contribution < 1.29 is 47.8 Å². The van der Waals surface area contributed by atoms with Crippen molar-refractivity contribution in [2.24, 2.45) is 0 Å². The molecule has 0 radical (unpaired) electrons. The van der Waals surface area contributed by atoms with Crippen LogP contribution < -0.4 is 0 Å². The Morgan fingerprint density at radius 2 is 1.12 bits per heavy atom. The van der Waals surface area contributed by atoms with Crippen LogP contribution in [0.3, 0.4) is 0 Å². The van der Waals surface area contributed by atoms with Crippen molar-refractivity contribution >= 4 is 16.3 Å². The van der Waals surface area contributed by atoms with Gasteiger partial charge in [-0.15, -0.1) is 3.89 Å². The summed E-state index contributed by atoms with van der Waals surface area (Å²) in [6.07, 6.45) is -14.0. The van der Waals surface area contributed by atoms with E-state index in [1.165, 1.54) is 0 Å². The monoisotopic (exact) mass is 280 g/mol. The van der Waals surface area contributed by atoms with Crippen LogP contribution in [0.15, 0.2) is 0 Å². The van der Waals surface area contributed by atoms with Gasteiger partial charge in [0.2, 0.25) is 0 Å². The second-order valence-corrected chi connectivity index (χ2v) is 3.88. The zero-order chi connectivity index (χ0) is 13.6. The Hall–Kier alpha value is -0.940. The molecule has 0 spiro atoms. The van der Waals surface area contributed by atoms with E-state index in [-0.39, 0.29) is 0 Å². The van der Waals surface area contributed by atoms with Crippen LogP contribution in [-0.4, -0.2) is 31.6 Å².